The van der Waals surface area contributed by atoms with Gasteiger partial charge in [0.1, 0.15) is 10.7 Å². The lowest BCUT2D eigenvalue weighted by Gasteiger charge is -2.18. The first-order valence-corrected chi connectivity index (χ1v) is 11.9. The number of aromatic nitrogens is 1. The minimum atomic E-state index is -4.22. The quantitative estimate of drug-likeness (QED) is 0.0555. The van der Waals surface area contributed by atoms with Crippen molar-refractivity contribution >= 4 is 44.5 Å². The number of hydrogen-bond donors (Lipinski definition) is 7. The van der Waals surface area contributed by atoms with Crippen LogP contribution in [0, 0.1) is 0 Å². The van der Waals surface area contributed by atoms with Crippen molar-refractivity contribution in [2.45, 2.75) is 16.2 Å². The van der Waals surface area contributed by atoms with Crippen molar-refractivity contribution in [3.63, 3.8) is 0 Å². The Morgan fingerprint density at radius 1 is 1.12 bits per heavy atom. The second-order valence-electron chi connectivity index (χ2n) is 6.74. The van der Waals surface area contributed by atoms with Gasteiger partial charge in [0, 0.05) is 28.0 Å². The molecule has 0 saturated heterocycles. The zero-order valence-electron chi connectivity index (χ0n) is 17.1. The van der Waals surface area contributed by atoms with E-state index in [0.29, 0.717) is 46.9 Å². The van der Waals surface area contributed by atoms with Gasteiger partial charge in [-0.15, -0.1) is 5.10 Å². The van der Waals surface area contributed by atoms with Crippen molar-refractivity contribution in [3.05, 3.63) is 48.0 Å². The van der Waals surface area contributed by atoms with Gasteiger partial charge in [-0.1, -0.05) is 24.3 Å². The van der Waals surface area contributed by atoms with Gasteiger partial charge in [0.15, 0.2) is 5.84 Å². The molecule has 0 spiro atoms. The van der Waals surface area contributed by atoms with Crippen LogP contribution in [0.15, 0.2) is 57.4 Å². The van der Waals surface area contributed by atoms with Gasteiger partial charge >= 0.3 is 0 Å². The normalized spacial score (nSPS) is 12.3. The molecular formula is C19H25N9O2S2. The Morgan fingerprint density at radius 2 is 1.91 bits per heavy atom. The van der Waals surface area contributed by atoms with Crippen LogP contribution >= 0.6 is 11.9 Å². The topological polar surface area (TPSA) is 214 Å². The molecule has 0 saturated carbocycles. The van der Waals surface area contributed by atoms with Gasteiger partial charge < -0.3 is 17.2 Å². The summed E-state index contributed by atoms with van der Waals surface area (Å²) in [5.41, 5.74) is 21.4. The predicted octanol–water partition coefficient (Wildman–Crippen LogP) is 0.161. The number of primary sulfonamides is 1. The fourth-order valence-corrected chi connectivity index (χ4v) is 5.27. The number of para-hydroxylation sites is 1. The number of pyridine rings is 1. The maximum absolute atomic E-state index is 12.7. The summed E-state index contributed by atoms with van der Waals surface area (Å²) in [6.45, 7) is 1.07. The number of nitrogens with zero attached hydrogens (tertiary/aromatic N) is 2. The van der Waals surface area contributed by atoms with E-state index < -0.39 is 10.0 Å². The van der Waals surface area contributed by atoms with E-state index >= 15 is 0 Å². The highest BCUT2D eigenvalue weighted by Gasteiger charge is 2.26. The van der Waals surface area contributed by atoms with Gasteiger partial charge in [0.2, 0.25) is 10.0 Å². The van der Waals surface area contributed by atoms with Crippen LogP contribution in [0.2, 0.25) is 0 Å². The van der Waals surface area contributed by atoms with Gasteiger partial charge in [-0.2, -0.15) is 0 Å². The largest absolute Gasteiger partial charge is 0.384 e. The van der Waals surface area contributed by atoms with Crippen molar-refractivity contribution < 1.29 is 8.42 Å². The first-order chi connectivity index (χ1) is 15.3. The van der Waals surface area contributed by atoms with E-state index in [1.807, 2.05) is 18.2 Å². The number of fused-ring (bicyclic) bond motifs is 1. The third-order valence-corrected chi connectivity index (χ3v) is 6.58. The molecular weight excluding hydrogens is 450 g/mol. The zero-order chi connectivity index (χ0) is 23.3. The average molecular weight is 476 g/mol. The highest BCUT2D eigenvalue weighted by Crippen LogP contribution is 2.37. The molecule has 1 heterocycles. The number of sulfonamides is 1. The molecule has 13 heteroatoms. The van der Waals surface area contributed by atoms with Gasteiger partial charge in [-0.05, 0) is 48.7 Å². The number of nitrogens with two attached hydrogens (primary N) is 5. The van der Waals surface area contributed by atoms with Crippen LogP contribution in [0.3, 0.4) is 0 Å². The Kier molecular flexibility index (Phi) is 7.50. The minimum absolute atomic E-state index is 0.104. The van der Waals surface area contributed by atoms with E-state index in [2.05, 4.69) is 20.3 Å². The molecule has 0 aliphatic carbocycles. The number of nitrogen functional groups attached to an aromatic ring is 1. The fourth-order valence-electron chi connectivity index (χ4n) is 3.21. The SMILES string of the molecule is NCCCNSc1ccc(-c2cccc3ccc(N)nc23)c(/C(N)=N/NN)c1S(N)(=O)=O. The van der Waals surface area contributed by atoms with Crippen molar-refractivity contribution in [2.75, 3.05) is 18.8 Å². The van der Waals surface area contributed by atoms with E-state index in [4.69, 9.17) is 28.2 Å². The molecule has 170 valence electrons. The highest BCUT2D eigenvalue weighted by molar-refractivity contribution is 7.98. The molecule has 0 bridgehead atoms. The molecule has 0 aliphatic heterocycles. The third kappa shape index (κ3) is 5.09. The van der Waals surface area contributed by atoms with Crippen molar-refractivity contribution in [1.29, 1.82) is 0 Å². The number of hydrazone groups is 1. The highest BCUT2D eigenvalue weighted by atomic mass is 32.2. The standard InChI is InChI=1S/C19H25N9O2S2/c20-9-2-10-25-31-14-7-6-12(16(19(22)27-28-23)18(14)32(24,29)30)13-4-1-3-11-5-8-15(21)26-17(11)13/h1,3-8,25,28H,2,9-10,20,23H2,(H2,21,26)(H2,22,27)(H2,24,29,30). The molecule has 0 radical (unpaired) electrons. The van der Waals surface area contributed by atoms with Crippen molar-refractivity contribution in [1.82, 2.24) is 15.2 Å². The Bertz CT molecular complexity index is 1260. The minimum Gasteiger partial charge on any atom is -0.384 e. The second kappa shape index (κ2) is 10.1. The van der Waals surface area contributed by atoms with E-state index in [1.54, 1.807) is 24.3 Å². The molecule has 3 aromatic rings. The Balaban J connectivity index is 2.33. The summed E-state index contributed by atoms with van der Waals surface area (Å²) in [6.07, 6.45) is 0.715. The van der Waals surface area contributed by atoms with Gasteiger partial charge in [-0.3, -0.25) is 4.72 Å². The maximum Gasteiger partial charge on any atom is 0.239 e. The van der Waals surface area contributed by atoms with Gasteiger partial charge in [-0.25, -0.2) is 29.9 Å². The molecule has 0 fully saturated rings. The second-order valence-corrected chi connectivity index (χ2v) is 9.17. The molecule has 1 aromatic heterocycles. The summed E-state index contributed by atoms with van der Waals surface area (Å²) in [7, 11) is -4.22. The van der Waals surface area contributed by atoms with Crippen LogP contribution in [0.1, 0.15) is 12.0 Å². The summed E-state index contributed by atoms with van der Waals surface area (Å²) in [5, 5.41) is 10.2. The van der Waals surface area contributed by atoms with E-state index in [1.165, 1.54) is 0 Å². The fraction of sp³-hybridized carbons (Fsp3) is 0.158. The van der Waals surface area contributed by atoms with E-state index in [0.717, 1.165) is 17.3 Å². The molecule has 0 unspecified atom stereocenters. The first kappa shape index (κ1) is 23.7. The number of hydrazine groups is 1. The Morgan fingerprint density at radius 3 is 2.59 bits per heavy atom. The maximum atomic E-state index is 12.7. The van der Waals surface area contributed by atoms with Crippen LogP contribution < -0.4 is 38.4 Å². The number of anilines is 1. The van der Waals surface area contributed by atoms with Crippen LogP contribution in [-0.4, -0.2) is 32.3 Å². The molecule has 12 N–H and O–H groups in total. The third-order valence-electron chi connectivity index (χ3n) is 4.54. The van der Waals surface area contributed by atoms with Crippen LogP contribution in [0.4, 0.5) is 5.82 Å². The predicted molar refractivity (Wildman–Crippen MR) is 129 cm³/mol. The summed E-state index contributed by atoms with van der Waals surface area (Å²) in [4.78, 5) is 4.60. The number of amidine groups is 1. The lowest BCUT2D eigenvalue weighted by molar-refractivity contribution is 0.595. The monoisotopic (exact) mass is 475 g/mol. The number of nitrogens with one attached hydrogen (secondary N) is 2. The lowest BCUT2D eigenvalue weighted by Crippen LogP contribution is -2.27. The summed E-state index contributed by atoms with van der Waals surface area (Å²) in [5.74, 6) is 5.48. The smallest absolute Gasteiger partial charge is 0.239 e. The Hall–Kier alpha value is -2.94. The van der Waals surface area contributed by atoms with Gasteiger partial charge in [0.05, 0.1) is 5.52 Å². The summed E-state index contributed by atoms with van der Waals surface area (Å²) >= 11 is 1.11. The van der Waals surface area contributed by atoms with Crippen molar-refractivity contribution in [3.8, 4) is 11.1 Å². The molecule has 32 heavy (non-hydrogen) atoms. The molecule has 2 aromatic carbocycles. The van der Waals surface area contributed by atoms with E-state index in [9.17, 15) is 8.42 Å². The molecule has 3 rings (SSSR count). The van der Waals surface area contributed by atoms with Crippen LogP contribution in [-0.2, 0) is 10.0 Å². The summed E-state index contributed by atoms with van der Waals surface area (Å²) < 4.78 is 28.5. The first-order valence-electron chi connectivity index (χ1n) is 9.52. The summed E-state index contributed by atoms with van der Waals surface area (Å²) in [6, 6.07) is 12.4. The number of rotatable bonds is 9. The molecule has 0 aliphatic rings. The molecule has 0 amide bonds. The number of hydrogen-bond acceptors (Lipinski definition) is 10. The van der Waals surface area contributed by atoms with Crippen LogP contribution in [0.25, 0.3) is 22.0 Å². The van der Waals surface area contributed by atoms with Crippen molar-refractivity contribution in [2.24, 2.45) is 27.6 Å². The van der Waals surface area contributed by atoms with E-state index in [-0.39, 0.29) is 16.3 Å². The van der Waals surface area contributed by atoms with Crippen LogP contribution in [0.5, 0.6) is 0 Å². The van der Waals surface area contributed by atoms with Gasteiger partial charge in [0.25, 0.3) is 0 Å². The lowest BCUT2D eigenvalue weighted by atomic mass is 9.96. The number of benzene rings is 2. The zero-order valence-corrected chi connectivity index (χ0v) is 18.7. The molecule has 0 atom stereocenters. The average Bonchev–Trinajstić information content (AvgIpc) is 2.75. The molecule has 11 nitrogen and oxygen atoms in total. The Labute approximate surface area is 190 Å².